The molecule has 2 aliphatic rings. The molecule has 1 spiro atoms. The van der Waals surface area contributed by atoms with Crippen LogP contribution in [0, 0.1) is 0 Å². The molecule has 3 aromatic heterocycles. The van der Waals surface area contributed by atoms with Crippen LogP contribution in [0.4, 0.5) is 17.5 Å². The third kappa shape index (κ3) is 4.17. The lowest BCUT2D eigenvalue weighted by Gasteiger charge is -2.44. The Bertz CT molecular complexity index is 1460. The van der Waals surface area contributed by atoms with Crippen molar-refractivity contribution in [2.24, 2.45) is 10.2 Å². The SMILES string of the molecule is CC(=O)OC1=NN(C(C)C)c2cc3cnc(Nc4ccc(S(N)(=O)=O)nc4)nc3n2C12CCCCC2. The van der Waals surface area contributed by atoms with E-state index in [1.165, 1.54) is 19.2 Å². The number of ether oxygens (including phenoxy) is 1. The maximum atomic E-state index is 12.1. The summed E-state index contributed by atoms with van der Waals surface area (Å²) in [5, 5.41) is 15.5. The van der Waals surface area contributed by atoms with Crippen LogP contribution in [0.25, 0.3) is 11.0 Å². The van der Waals surface area contributed by atoms with Gasteiger partial charge in [0, 0.05) is 24.5 Å². The average molecular weight is 513 g/mol. The van der Waals surface area contributed by atoms with Gasteiger partial charge in [-0.25, -0.2) is 28.5 Å². The van der Waals surface area contributed by atoms with Gasteiger partial charge in [0.15, 0.2) is 5.03 Å². The first-order valence-electron chi connectivity index (χ1n) is 11.8. The number of esters is 1. The molecular formula is C23H28N8O4S. The van der Waals surface area contributed by atoms with Gasteiger partial charge in [-0.1, -0.05) is 19.3 Å². The number of sulfonamides is 1. The Labute approximate surface area is 208 Å². The summed E-state index contributed by atoms with van der Waals surface area (Å²) in [6.07, 6.45) is 7.67. The minimum Gasteiger partial charge on any atom is -0.407 e. The molecule has 36 heavy (non-hydrogen) atoms. The molecule has 5 rings (SSSR count). The fourth-order valence-corrected chi connectivity index (χ4v) is 5.38. The van der Waals surface area contributed by atoms with Crippen LogP contribution in [0.15, 0.2) is 40.7 Å². The maximum absolute atomic E-state index is 12.1. The number of aromatic nitrogens is 4. The molecule has 0 atom stereocenters. The van der Waals surface area contributed by atoms with Gasteiger partial charge in [-0.3, -0.25) is 9.36 Å². The number of carbonyl (C=O) groups is 1. The third-order valence-electron chi connectivity index (χ3n) is 6.48. The molecule has 0 amide bonds. The number of hydrogen-bond donors (Lipinski definition) is 2. The molecular weight excluding hydrogens is 484 g/mol. The van der Waals surface area contributed by atoms with E-state index >= 15 is 0 Å². The van der Waals surface area contributed by atoms with E-state index in [2.05, 4.69) is 19.9 Å². The van der Waals surface area contributed by atoms with E-state index < -0.39 is 21.5 Å². The Kier molecular flexibility index (Phi) is 5.91. The molecule has 3 aromatic rings. The van der Waals surface area contributed by atoms with E-state index in [1.807, 2.05) is 24.9 Å². The summed E-state index contributed by atoms with van der Waals surface area (Å²) in [4.78, 5) is 25.2. The van der Waals surface area contributed by atoms with Crippen LogP contribution in [0.3, 0.4) is 0 Å². The van der Waals surface area contributed by atoms with E-state index in [0.717, 1.165) is 43.3 Å². The molecule has 13 heteroatoms. The summed E-state index contributed by atoms with van der Waals surface area (Å²) in [5.74, 6) is 1.16. The van der Waals surface area contributed by atoms with Gasteiger partial charge in [-0.2, -0.15) is 4.98 Å². The molecule has 0 unspecified atom stereocenters. The van der Waals surface area contributed by atoms with Crippen molar-refractivity contribution in [3.8, 4) is 0 Å². The minimum absolute atomic E-state index is 0.00790. The van der Waals surface area contributed by atoms with Gasteiger partial charge in [0.1, 0.15) is 17.0 Å². The number of hydrazone groups is 1. The van der Waals surface area contributed by atoms with Crippen molar-refractivity contribution in [2.45, 2.75) is 69.5 Å². The summed E-state index contributed by atoms with van der Waals surface area (Å²) < 4.78 is 30.9. The van der Waals surface area contributed by atoms with Crippen LogP contribution in [0.1, 0.15) is 52.9 Å². The Balaban J connectivity index is 1.62. The quantitative estimate of drug-likeness (QED) is 0.501. The second kappa shape index (κ2) is 8.82. The third-order valence-corrected chi connectivity index (χ3v) is 7.30. The largest absolute Gasteiger partial charge is 0.407 e. The highest BCUT2D eigenvalue weighted by Crippen LogP contribution is 2.46. The van der Waals surface area contributed by atoms with Gasteiger partial charge in [0.2, 0.25) is 11.8 Å². The van der Waals surface area contributed by atoms with Crippen molar-refractivity contribution in [2.75, 3.05) is 10.3 Å². The number of carbonyl (C=O) groups excluding carboxylic acids is 1. The number of nitrogens with one attached hydrogen (secondary N) is 1. The summed E-state index contributed by atoms with van der Waals surface area (Å²) in [7, 11) is -3.89. The zero-order chi connectivity index (χ0) is 25.7. The van der Waals surface area contributed by atoms with E-state index in [9.17, 15) is 13.2 Å². The highest BCUT2D eigenvalue weighted by Gasteiger charge is 2.48. The first-order valence-corrected chi connectivity index (χ1v) is 13.3. The van der Waals surface area contributed by atoms with Crippen molar-refractivity contribution in [1.82, 2.24) is 19.5 Å². The molecule has 1 saturated carbocycles. The average Bonchev–Trinajstić information content (AvgIpc) is 3.20. The molecule has 0 radical (unpaired) electrons. The van der Waals surface area contributed by atoms with E-state index in [4.69, 9.17) is 20.0 Å². The summed E-state index contributed by atoms with van der Waals surface area (Å²) in [5.41, 5.74) is 0.561. The lowest BCUT2D eigenvalue weighted by molar-refractivity contribution is -0.133. The van der Waals surface area contributed by atoms with Gasteiger partial charge < -0.3 is 10.1 Å². The topological polar surface area (TPSA) is 158 Å². The first kappa shape index (κ1) is 24.1. The van der Waals surface area contributed by atoms with Crippen molar-refractivity contribution >= 4 is 50.4 Å². The van der Waals surface area contributed by atoms with E-state index in [-0.39, 0.29) is 11.1 Å². The van der Waals surface area contributed by atoms with Gasteiger partial charge in [-0.15, -0.1) is 5.10 Å². The van der Waals surface area contributed by atoms with Crippen molar-refractivity contribution in [3.63, 3.8) is 0 Å². The van der Waals surface area contributed by atoms with Crippen molar-refractivity contribution < 1.29 is 17.9 Å². The fraction of sp³-hybridized carbons (Fsp3) is 0.435. The van der Waals surface area contributed by atoms with Crippen LogP contribution in [0.2, 0.25) is 0 Å². The van der Waals surface area contributed by atoms with Gasteiger partial charge >= 0.3 is 5.97 Å². The standard InChI is InChI=1S/C23H28N8O4S/c1-14(2)31-19-11-16-12-26-22(27-17-7-8-18(25-13-17)36(24,33)34)28-20(16)30(19)23(9-5-4-6-10-23)21(29-31)35-15(3)32/h7-8,11-14H,4-6,9-10H2,1-3H3,(H2,24,33,34)(H,26,27,28). The Hall–Kier alpha value is -3.58. The van der Waals surface area contributed by atoms with E-state index in [0.29, 0.717) is 23.2 Å². The smallest absolute Gasteiger partial charge is 0.309 e. The van der Waals surface area contributed by atoms with Gasteiger partial charge in [0.25, 0.3) is 10.0 Å². The molecule has 1 aliphatic carbocycles. The molecule has 4 heterocycles. The minimum atomic E-state index is -3.89. The van der Waals surface area contributed by atoms with Crippen LogP contribution in [-0.2, 0) is 25.1 Å². The van der Waals surface area contributed by atoms with Gasteiger partial charge in [0.05, 0.1) is 11.9 Å². The monoisotopic (exact) mass is 512 g/mol. The zero-order valence-electron chi connectivity index (χ0n) is 20.3. The van der Waals surface area contributed by atoms with Crippen LogP contribution < -0.4 is 15.5 Å². The maximum Gasteiger partial charge on any atom is 0.309 e. The number of primary sulfonamides is 1. The van der Waals surface area contributed by atoms with Crippen LogP contribution in [0.5, 0.6) is 0 Å². The lowest BCUT2D eigenvalue weighted by atomic mass is 9.80. The number of pyridine rings is 1. The van der Waals surface area contributed by atoms with Gasteiger partial charge in [-0.05, 0) is 44.9 Å². The number of fused-ring (bicyclic) bond motifs is 4. The van der Waals surface area contributed by atoms with Crippen molar-refractivity contribution in [1.29, 1.82) is 0 Å². The van der Waals surface area contributed by atoms with Crippen LogP contribution >= 0.6 is 0 Å². The summed E-state index contributed by atoms with van der Waals surface area (Å²) in [6.45, 7) is 5.43. The number of anilines is 3. The molecule has 0 aromatic carbocycles. The molecule has 0 saturated heterocycles. The molecule has 3 N–H and O–H groups in total. The Morgan fingerprint density at radius 3 is 2.53 bits per heavy atom. The van der Waals surface area contributed by atoms with Crippen molar-refractivity contribution in [3.05, 3.63) is 30.6 Å². The number of rotatable bonds is 4. The zero-order valence-corrected chi connectivity index (χ0v) is 21.1. The number of nitrogens with two attached hydrogens (primary N) is 1. The summed E-state index contributed by atoms with van der Waals surface area (Å²) >= 11 is 0. The predicted molar refractivity (Wildman–Crippen MR) is 134 cm³/mol. The molecule has 1 fully saturated rings. The molecule has 0 bridgehead atoms. The highest BCUT2D eigenvalue weighted by atomic mass is 32.2. The Morgan fingerprint density at radius 2 is 1.92 bits per heavy atom. The molecule has 190 valence electrons. The molecule has 12 nitrogen and oxygen atoms in total. The first-order chi connectivity index (χ1) is 17.1. The highest BCUT2D eigenvalue weighted by molar-refractivity contribution is 7.89. The summed E-state index contributed by atoms with van der Waals surface area (Å²) in [6, 6.07) is 4.87. The van der Waals surface area contributed by atoms with Crippen LogP contribution in [-0.4, -0.2) is 45.8 Å². The molecule has 1 aliphatic heterocycles. The second-order valence-corrected chi connectivity index (χ2v) is 10.9. The second-order valence-electron chi connectivity index (χ2n) is 9.39. The normalized spacial score (nSPS) is 17.2. The number of hydrogen-bond acceptors (Lipinski definition) is 10. The van der Waals surface area contributed by atoms with E-state index in [1.54, 1.807) is 12.3 Å². The lowest BCUT2D eigenvalue weighted by Crippen LogP contribution is -2.51. The number of nitrogens with zero attached hydrogens (tertiary/aromatic N) is 6. The fourth-order valence-electron chi connectivity index (χ4n) is 4.92. The predicted octanol–water partition coefficient (Wildman–Crippen LogP) is 2.98. The Morgan fingerprint density at radius 1 is 1.17 bits per heavy atom.